The molecule has 0 aromatic rings. The molecule has 1 nitrogen and oxygen atoms in total. The van der Waals surface area contributed by atoms with Gasteiger partial charge in [-0.15, -0.1) is 0 Å². The minimum Gasteiger partial charge on any atom is -0.267 e. The maximum atomic E-state index is 3.18. The van der Waals surface area contributed by atoms with Crippen LogP contribution in [0.3, 0.4) is 0 Å². The fourth-order valence-corrected chi connectivity index (χ4v) is 0.612. The summed E-state index contributed by atoms with van der Waals surface area (Å²) >= 11 is 1.52. The predicted octanol–water partition coefficient (Wildman–Crippen LogP) is 1.94. The lowest BCUT2D eigenvalue weighted by Gasteiger charge is -2.14. The SMILES string of the molecule is CNS[C]C(C)(C)C. The number of hydrogen-bond donors (Lipinski definition) is 1. The van der Waals surface area contributed by atoms with Crippen LogP contribution < -0.4 is 4.72 Å². The molecule has 0 aromatic heterocycles. The number of hydrogen-bond acceptors (Lipinski definition) is 2. The highest BCUT2D eigenvalue weighted by Gasteiger charge is 2.09. The molecular weight excluding hydrogens is 118 g/mol. The zero-order valence-electron chi connectivity index (χ0n) is 5.91. The van der Waals surface area contributed by atoms with Crippen LogP contribution in [0.15, 0.2) is 0 Å². The fourth-order valence-electron chi connectivity index (χ4n) is 0.204. The molecule has 2 radical (unpaired) electrons. The van der Waals surface area contributed by atoms with Crippen LogP contribution in [0.25, 0.3) is 0 Å². The van der Waals surface area contributed by atoms with Crippen molar-refractivity contribution >= 4 is 11.9 Å². The van der Waals surface area contributed by atoms with E-state index in [-0.39, 0.29) is 5.41 Å². The molecule has 0 heterocycles. The van der Waals surface area contributed by atoms with E-state index in [0.29, 0.717) is 0 Å². The molecule has 0 saturated heterocycles. The maximum absolute atomic E-state index is 3.18. The third-order valence-electron chi connectivity index (χ3n) is 0.459. The van der Waals surface area contributed by atoms with Crippen molar-refractivity contribution in [2.45, 2.75) is 20.8 Å². The Hall–Kier alpha value is 0.310. The van der Waals surface area contributed by atoms with E-state index >= 15 is 0 Å². The van der Waals surface area contributed by atoms with Crippen molar-refractivity contribution in [3.63, 3.8) is 0 Å². The van der Waals surface area contributed by atoms with Crippen LogP contribution in [-0.4, -0.2) is 7.05 Å². The molecule has 0 fully saturated rings. The summed E-state index contributed by atoms with van der Waals surface area (Å²) in [4.78, 5) is 0. The van der Waals surface area contributed by atoms with E-state index in [9.17, 15) is 0 Å². The number of nitrogens with one attached hydrogen (secondary N) is 1. The molecule has 0 rings (SSSR count). The first-order chi connectivity index (χ1) is 3.56. The molecule has 1 N–H and O–H groups in total. The highest BCUT2D eigenvalue weighted by Crippen LogP contribution is 2.22. The first-order valence-corrected chi connectivity index (χ1v) is 3.47. The van der Waals surface area contributed by atoms with Gasteiger partial charge in [-0.3, -0.25) is 4.72 Å². The quantitative estimate of drug-likeness (QED) is 0.575. The van der Waals surface area contributed by atoms with Gasteiger partial charge in [-0.25, -0.2) is 0 Å². The van der Waals surface area contributed by atoms with Gasteiger partial charge in [0.2, 0.25) is 0 Å². The van der Waals surface area contributed by atoms with E-state index < -0.39 is 0 Å². The molecule has 48 valence electrons. The average Bonchev–Trinajstić information content (AvgIpc) is 1.59. The fraction of sp³-hybridized carbons (Fsp3) is 0.833. The molecule has 0 amide bonds. The number of rotatable bonds is 2. The monoisotopic (exact) mass is 131 g/mol. The molecule has 0 saturated carbocycles. The molecule has 8 heavy (non-hydrogen) atoms. The average molecular weight is 131 g/mol. The van der Waals surface area contributed by atoms with Gasteiger partial charge >= 0.3 is 0 Å². The topological polar surface area (TPSA) is 12.0 Å². The predicted molar refractivity (Wildman–Crippen MR) is 39.3 cm³/mol. The third-order valence-corrected chi connectivity index (χ3v) is 1.38. The van der Waals surface area contributed by atoms with E-state index in [1.807, 2.05) is 7.05 Å². The Morgan fingerprint density at radius 3 is 2.00 bits per heavy atom. The smallest absolute Gasteiger partial charge is 0.0710 e. The molecule has 0 atom stereocenters. The lowest BCUT2D eigenvalue weighted by atomic mass is 10.0. The van der Waals surface area contributed by atoms with Gasteiger partial charge in [-0.2, -0.15) is 0 Å². The van der Waals surface area contributed by atoms with Crippen LogP contribution in [0.1, 0.15) is 20.8 Å². The molecule has 0 aromatic carbocycles. The molecular formula is C6H13NS. The highest BCUT2D eigenvalue weighted by atomic mass is 32.2. The molecule has 0 unspecified atom stereocenters. The van der Waals surface area contributed by atoms with Crippen LogP contribution >= 0.6 is 11.9 Å². The lowest BCUT2D eigenvalue weighted by Crippen LogP contribution is -2.05. The van der Waals surface area contributed by atoms with Crippen LogP contribution in [0.2, 0.25) is 0 Å². The molecule has 0 aliphatic heterocycles. The summed E-state index contributed by atoms with van der Waals surface area (Å²) in [5.41, 5.74) is 0.202. The minimum absolute atomic E-state index is 0.202. The molecule has 0 bridgehead atoms. The van der Waals surface area contributed by atoms with E-state index in [4.69, 9.17) is 0 Å². The van der Waals surface area contributed by atoms with Crippen LogP contribution in [0, 0.1) is 11.2 Å². The van der Waals surface area contributed by atoms with Crippen LogP contribution in [0.4, 0.5) is 0 Å². The summed E-state index contributed by atoms with van der Waals surface area (Å²) in [6, 6.07) is 0. The van der Waals surface area contributed by atoms with Crippen molar-refractivity contribution in [3.05, 3.63) is 5.75 Å². The van der Waals surface area contributed by atoms with Gasteiger partial charge in [-0.1, -0.05) is 32.7 Å². The van der Waals surface area contributed by atoms with Gasteiger partial charge in [0.05, 0.1) is 5.75 Å². The van der Waals surface area contributed by atoms with Crippen molar-refractivity contribution in [3.8, 4) is 0 Å². The van der Waals surface area contributed by atoms with Gasteiger partial charge in [0.25, 0.3) is 0 Å². The normalized spacial score (nSPS) is 12.0. The Kier molecular flexibility index (Phi) is 3.49. The van der Waals surface area contributed by atoms with Gasteiger partial charge < -0.3 is 0 Å². The van der Waals surface area contributed by atoms with E-state index in [2.05, 4.69) is 31.2 Å². The molecule has 0 spiro atoms. The van der Waals surface area contributed by atoms with Crippen molar-refractivity contribution in [2.24, 2.45) is 5.41 Å². The largest absolute Gasteiger partial charge is 0.267 e. The van der Waals surface area contributed by atoms with Gasteiger partial charge in [0, 0.05) is 0 Å². The standard InChI is InChI=1S/C6H13NS/c1-6(2,3)5-8-7-4/h7H,1-4H3. The maximum Gasteiger partial charge on any atom is 0.0710 e. The third kappa shape index (κ3) is 6.31. The summed E-state index contributed by atoms with van der Waals surface area (Å²) in [7, 11) is 1.89. The second-order valence-electron chi connectivity index (χ2n) is 2.66. The summed E-state index contributed by atoms with van der Waals surface area (Å²) in [6.45, 7) is 6.37. The van der Waals surface area contributed by atoms with Gasteiger partial charge in [-0.05, 0) is 12.5 Å². The zero-order valence-corrected chi connectivity index (χ0v) is 6.72. The van der Waals surface area contributed by atoms with Crippen LogP contribution in [-0.2, 0) is 0 Å². The van der Waals surface area contributed by atoms with Crippen molar-refractivity contribution < 1.29 is 0 Å². The first kappa shape index (κ1) is 8.31. The Morgan fingerprint density at radius 1 is 1.38 bits per heavy atom. The highest BCUT2D eigenvalue weighted by molar-refractivity contribution is 7.99. The van der Waals surface area contributed by atoms with Crippen molar-refractivity contribution in [1.29, 1.82) is 0 Å². The zero-order chi connectivity index (χ0) is 6.62. The summed E-state index contributed by atoms with van der Waals surface area (Å²) in [5.74, 6) is 3.18. The lowest BCUT2D eigenvalue weighted by molar-refractivity contribution is 0.527. The Labute approximate surface area is 56.4 Å². The summed E-state index contributed by atoms with van der Waals surface area (Å²) in [6.07, 6.45) is 0. The molecule has 0 aliphatic rings. The van der Waals surface area contributed by atoms with Crippen molar-refractivity contribution in [2.75, 3.05) is 7.05 Å². The van der Waals surface area contributed by atoms with Crippen molar-refractivity contribution in [1.82, 2.24) is 4.72 Å². The Balaban J connectivity index is 3.11. The minimum atomic E-state index is 0.202. The molecule has 2 heteroatoms. The van der Waals surface area contributed by atoms with E-state index in [0.717, 1.165) is 0 Å². The summed E-state index contributed by atoms with van der Waals surface area (Å²) < 4.78 is 2.93. The van der Waals surface area contributed by atoms with Gasteiger partial charge in [0.1, 0.15) is 0 Å². The second kappa shape index (κ2) is 3.36. The Morgan fingerprint density at radius 2 is 1.88 bits per heavy atom. The molecule has 0 aliphatic carbocycles. The Bertz CT molecular complexity index is 56.0. The van der Waals surface area contributed by atoms with Crippen LogP contribution in [0.5, 0.6) is 0 Å². The summed E-state index contributed by atoms with van der Waals surface area (Å²) in [5, 5.41) is 0. The first-order valence-electron chi connectivity index (χ1n) is 2.66. The van der Waals surface area contributed by atoms with Gasteiger partial charge in [0.15, 0.2) is 0 Å². The van der Waals surface area contributed by atoms with E-state index in [1.165, 1.54) is 11.9 Å². The van der Waals surface area contributed by atoms with E-state index in [1.54, 1.807) is 0 Å². The second-order valence-corrected chi connectivity index (χ2v) is 3.47.